The van der Waals surface area contributed by atoms with Crippen LogP contribution in [0.25, 0.3) is 0 Å². The lowest BCUT2D eigenvalue weighted by molar-refractivity contribution is -0.339. The molecule has 3 aliphatic heterocycles. The summed E-state index contributed by atoms with van der Waals surface area (Å²) >= 11 is 0. The Labute approximate surface area is 247 Å². The molecular weight excluding hydrogens is 580 g/mol. The first-order chi connectivity index (χ1) is 20.4. The van der Waals surface area contributed by atoms with Crippen LogP contribution in [0.5, 0.6) is 0 Å². The summed E-state index contributed by atoms with van der Waals surface area (Å²) in [5.41, 5.74) is 0. The fourth-order valence-corrected chi connectivity index (χ4v) is 6.03. The van der Waals surface area contributed by atoms with E-state index >= 15 is 0 Å². The summed E-state index contributed by atoms with van der Waals surface area (Å²) in [6.45, 7) is 1.06. The summed E-state index contributed by atoms with van der Waals surface area (Å²) in [4.78, 5) is 28.0. The van der Waals surface area contributed by atoms with Gasteiger partial charge in [-0.3, -0.25) is 9.59 Å². The van der Waals surface area contributed by atoms with Crippen LogP contribution < -0.4 is 16.0 Å². The highest BCUT2D eigenvalue weighted by molar-refractivity contribution is 5.76. The van der Waals surface area contributed by atoms with Gasteiger partial charge in [-0.05, 0) is 0 Å². The number of rotatable bonds is 10. The predicted molar refractivity (Wildman–Crippen MR) is 141 cm³/mol. The van der Waals surface area contributed by atoms with Crippen molar-refractivity contribution < 1.29 is 68.6 Å². The molecule has 4 fully saturated rings. The number of ether oxygens (including phenoxy) is 6. The van der Waals surface area contributed by atoms with Crippen molar-refractivity contribution in [2.45, 2.75) is 99.5 Å². The number of fused-ring (bicyclic) bond motifs is 1. The number of nitrogens with one attached hydrogen (secondary N) is 3. The van der Waals surface area contributed by atoms with Gasteiger partial charge in [-0.2, -0.15) is 0 Å². The van der Waals surface area contributed by atoms with Crippen LogP contribution >= 0.6 is 0 Å². The average Bonchev–Trinajstić information content (AvgIpc) is 3.49. The predicted octanol–water partition coefficient (Wildman–Crippen LogP) is -5.74. The van der Waals surface area contributed by atoms with E-state index in [-0.39, 0.29) is 12.6 Å². The van der Waals surface area contributed by atoms with E-state index in [4.69, 9.17) is 28.4 Å². The summed E-state index contributed by atoms with van der Waals surface area (Å²) in [7, 11) is 2.85. The fraction of sp³-hybridized carbons (Fsp3) is 0.880. The number of aliphatic imine (C=N–C) groups is 1. The molecule has 0 bridgehead atoms. The number of aliphatic hydroxyl groups excluding tert-OH is 6. The van der Waals surface area contributed by atoms with Crippen molar-refractivity contribution in [1.82, 2.24) is 16.0 Å². The lowest BCUT2D eigenvalue weighted by Gasteiger charge is -2.48. The van der Waals surface area contributed by atoms with Crippen LogP contribution in [-0.2, 0) is 38.0 Å². The second-order valence-electron chi connectivity index (χ2n) is 11.0. The fourth-order valence-electron chi connectivity index (χ4n) is 6.03. The molecule has 0 radical (unpaired) electrons. The molecule has 0 aromatic heterocycles. The summed E-state index contributed by atoms with van der Waals surface area (Å²) in [5.74, 6) is -1.91. The van der Waals surface area contributed by atoms with Crippen molar-refractivity contribution in [3.8, 4) is 0 Å². The molecular formula is C25H42N4O14. The van der Waals surface area contributed by atoms with Crippen LogP contribution in [0.2, 0.25) is 0 Å². The molecule has 4 aliphatic rings. The monoisotopic (exact) mass is 622 g/mol. The van der Waals surface area contributed by atoms with E-state index in [1.807, 2.05) is 0 Å². The van der Waals surface area contributed by atoms with Gasteiger partial charge < -0.3 is 75.0 Å². The lowest BCUT2D eigenvalue weighted by Crippen LogP contribution is -2.69. The van der Waals surface area contributed by atoms with Gasteiger partial charge in [0.1, 0.15) is 60.9 Å². The van der Waals surface area contributed by atoms with Gasteiger partial charge in [0.2, 0.25) is 11.8 Å². The molecule has 246 valence electrons. The summed E-state index contributed by atoms with van der Waals surface area (Å²) in [6.07, 6.45) is -14.4. The first-order valence-electron chi connectivity index (χ1n) is 13.9. The molecule has 0 unspecified atom stereocenters. The first kappa shape index (κ1) is 33.7. The van der Waals surface area contributed by atoms with Gasteiger partial charge in [-0.15, -0.1) is 0 Å². The molecule has 3 saturated heterocycles. The highest BCUT2D eigenvalue weighted by Crippen LogP contribution is 2.38. The maximum atomic E-state index is 12.2. The van der Waals surface area contributed by atoms with Crippen molar-refractivity contribution in [2.24, 2.45) is 10.9 Å². The molecule has 0 spiro atoms. The molecule has 0 aromatic carbocycles. The van der Waals surface area contributed by atoms with E-state index in [9.17, 15) is 40.2 Å². The highest BCUT2D eigenvalue weighted by Gasteiger charge is 2.59. The van der Waals surface area contributed by atoms with E-state index in [0.29, 0.717) is 0 Å². The van der Waals surface area contributed by atoms with Crippen molar-refractivity contribution in [3.63, 3.8) is 0 Å². The van der Waals surface area contributed by atoms with Crippen molar-refractivity contribution in [1.29, 1.82) is 0 Å². The SMILES string of the molecule is CN=C1N[C@@H]2[C@@H](O)[C@H](O[C@@H]3O[C@H](CO)[C@@H](O[C@@H]4O[C@@H](COC)[C@@H](O)[C@H](O)[C@H]4NC(C)=O)[C@H](O)[C@@H]3NC(C)=O)[C@H](CO)[C@@H]2O1. The number of methoxy groups -OCH3 is 1. The Hall–Kier alpha value is -2.23. The van der Waals surface area contributed by atoms with Crippen molar-refractivity contribution in [2.75, 3.05) is 34.0 Å². The maximum absolute atomic E-state index is 12.2. The lowest BCUT2D eigenvalue weighted by atomic mass is 9.94. The van der Waals surface area contributed by atoms with E-state index in [1.54, 1.807) is 0 Å². The summed E-state index contributed by atoms with van der Waals surface area (Å²) < 4.78 is 34.5. The molecule has 3 heterocycles. The van der Waals surface area contributed by atoms with Gasteiger partial charge in [0, 0.05) is 28.0 Å². The van der Waals surface area contributed by atoms with E-state index in [2.05, 4.69) is 20.9 Å². The Morgan fingerprint density at radius 2 is 1.44 bits per heavy atom. The van der Waals surface area contributed by atoms with Crippen LogP contribution in [0.1, 0.15) is 13.8 Å². The Morgan fingerprint density at radius 1 is 0.860 bits per heavy atom. The molecule has 2 amide bonds. The molecule has 18 nitrogen and oxygen atoms in total. The van der Waals surface area contributed by atoms with Gasteiger partial charge in [0.25, 0.3) is 6.02 Å². The highest BCUT2D eigenvalue weighted by atomic mass is 16.7. The Morgan fingerprint density at radius 3 is 1.98 bits per heavy atom. The smallest absolute Gasteiger partial charge is 0.285 e. The Kier molecular flexibility index (Phi) is 11.2. The number of hydrogen-bond acceptors (Lipinski definition) is 15. The minimum Gasteiger partial charge on any atom is -0.459 e. The van der Waals surface area contributed by atoms with Crippen LogP contribution in [0.3, 0.4) is 0 Å². The van der Waals surface area contributed by atoms with E-state index in [0.717, 1.165) is 0 Å². The third kappa shape index (κ3) is 6.89. The molecule has 1 saturated carbocycles. The van der Waals surface area contributed by atoms with Gasteiger partial charge in [0.05, 0.1) is 37.9 Å². The second kappa shape index (κ2) is 14.2. The van der Waals surface area contributed by atoms with Crippen LogP contribution in [0, 0.1) is 5.92 Å². The third-order valence-electron chi connectivity index (χ3n) is 8.06. The standard InChI is InChI=1S/C25H42N4O14/c1-8(32)27-14-17(35)16(34)12(7-38-4)40-23(14)42-22-11(6-31)39-24(15(19(22)37)28-9(2)33)41-21-10(5-30)20-13(18(21)36)29-25(26-3)43-20/h10-24,30-31,34-37H,5-7H2,1-4H3,(H,26,29)(H,27,32)(H,28,33)/t10-,11-,12+,13-,14-,15+,16-,17-,18-,19-,20+,21-,22-,23+,24+/m1/s1. The molecule has 4 rings (SSSR count). The van der Waals surface area contributed by atoms with Gasteiger partial charge >= 0.3 is 0 Å². The number of carbonyl (C=O) groups excluding carboxylic acids is 2. The van der Waals surface area contributed by atoms with Crippen LogP contribution in [0.4, 0.5) is 0 Å². The normalized spacial score (nSPS) is 45.3. The molecule has 0 aromatic rings. The van der Waals surface area contributed by atoms with Gasteiger partial charge in [0.15, 0.2) is 12.6 Å². The van der Waals surface area contributed by atoms with Crippen LogP contribution in [0.15, 0.2) is 4.99 Å². The zero-order valence-corrected chi connectivity index (χ0v) is 24.2. The third-order valence-corrected chi connectivity index (χ3v) is 8.06. The van der Waals surface area contributed by atoms with Crippen molar-refractivity contribution >= 4 is 17.8 Å². The number of hydrogen-bond donors (Lipinski definition) is 9. The second-order valence-corrected chi connectivity index (χ2v) is 11.0. The number of aliphatic hydroxyl groups is 6. The molecule has 15 atom stereocenters. The number of amides is 2. The minimum absolute atomic E-state index is 0.148. The molecule has 18 heteroatoms. The topological polar surface area (TPSA) is 259 Å². The quantitative estimate of drug-likeness (QED) is 0.110. The van der Waals surface area contributed by atoms with Gasteiger partial charge in [-0.1, -0.05) is 0 Å². The summed E-state index contributed by atoms with van der Waals surface area (Å²) in [5, 5.41) is 72.0. The van der Waals surface area contributed by atoms with E-state index < -0.39 is 117 Å². The van der Waals surface area contributed by atoms with Gasteiger partial charge in [-0.25, -0.2) is 4.99 Å². The summed E-state index contributed by atoms with van der Waals surface area (Å²) in [6, 6.07) is -3.11. The van der Waals surface area contributed by atoms with Crippen LogP contribution in [-0.4, -0.2) is 168 Å². The Bertz CT molecular complexity index is 1010. The zero-order valence-electron chi connectivity index (χ0n) is 24.2. The first-order valence-corrected chi connectivity index (χ1v) is 13.9. The number of nitrogens with zero attached hydrogens (tertiary/aromatic N) is 1. The van der Waals surface area contributed by atoms with Crippen molar-refractivity contribution in [3.05, 3.63) is 0 Å². The number of amidine groups is 1. The maximum Gasteiger partial charge on any atom is 0.285 e. The molecule has 1 aliphatic carbocycles. The minimum atomic E-state index is -1.63. The molecule has 9 N–H and O–H groups in total. The Balaban J connectivity index is 1.57. The van der Waals surface area contributed by atoms with E-state index in [1.165, 1.54) is 28.0 Å². The molecule has 43 heavy (non-hydrogen) atoms. The largest absolute Gasteiger partial charge is 0.459 e. The number of carbonyl (C=O) groups is 2. The zero-order chi connectivity index (χ0) is 31.6. The average molecular weight is 623 g/mol.